The van der Waals surface area contributed by atoms with E-state index in [1.165, 1.54) is 36.4 Å². The number of halogens is 1. The Hall–Kier alpha value is -3.08. The zero-order valence-corrected chi connectivity index (χ0v) is 20.6. The van der Waals surface area contributed by atoms with Crippen LogP contribution in [0, 0.1) is 5.82 Å². The monoisotopic (exact) mass is 509 g/mol. The Bertz CT molecular complexity index is 1330. The lowest BCUT2D eigenvalue weighted by molar-refractivity contribution is 0.0500. The fourth-order valence-electron chi connectivity index (χ4n) is 5.32. The fourth-order valence-corrected chi connectivity index (χ4v) is 6.44. The maximum absolute atomic E-state index is 15.2. The average molecular weight is 510 g/mol. The normalized spacial score (nSPS) is 22.3. The van der Waals surface area contributed by atoms with Crippen LogP contribution in [0.3, 0.4) is 0 Å². The summed E-state index contributed by atoms with van der Waals surface area (Å²) in [5.74, 6) is 0.433. The van der Waals surface area contributed by atoms with Gasteiger partial charge in [-0.2, -0.15) is 5.10 Å². The molecule has 2 atom stereocenters. The van der Waals surface area contributed by atoms with Crippen molar-refractivity contribution in [2.75, 3.05) is 37.7 Å². The predicted molar refractivity (Wildman–Crippen MR) is 133 cm³/mol. The largest absolute Gasteiger partial charge is 0.492 e. The summed E-state index contributed by atoms with van der Waals surface area (Å²) in [5.41, 5.74) is 2.74. The second-order valence-electron chi connectivity index (χ2n) is 9.69. The lowest BCUT2D eigenvalue weighted by Gasteiger charge is -2.46. The molecule has 2 saturated heterocycles. The molecule has 4 heterocycles. The van der Waals surface area contributed by atoms with E-state index in [1.807, 2.05) is 29.2 Å². The van der Waals surface area contributed by atoms with E-state index < -0.39 is 10.0 Å². The van der Waals surface area contributed by atoms with Crippen LogP contribution in [0.1, 0.15) is 23.5 Å². The molecule has 6 rings (SSSR count). The van der Waals surface area contributed by atoms with Gasteiger partial charge in [-0.05, 0) is 49.7 Å². The van der Waals surface area contributed by atoms with E-state index in [1.54, 1.807) is 0 Å². The van der Waals surface area contributed by atoms with Crippen molar-refractivity contribution in [3.05, 3.63) is 77.7 Å². The van der Waals surface area contributed by atoms with Crippen LogP contribution in [0.15, 0.2) is 65.8 Å². The molecule has 1 aromatic heterocycles. The molecule has 0 unspecified atom stereocenters. The van der Waals surface area contributed by atoms with Gasteiger partial charge in [0, 0.05) is 36.8 Å². The van der Waals surface area contributed by atoms with Crippen LogP contribution >= 0.6 is 0 Å². The third-order valence-corrected chi connectivity index (χ3v) is 8.79. The van der Waals surface area contributed by atoms with E-state index in [4.69, 9.17) is 4.74 Å². The van der Waals surface area contributed by atoms with E-state index in [0.717, 1.165) is 25.1 Å². The van der Waals surface area contributed by atoms with Crippen molar-refractivity contribution in [2.24, 2.45) is 0 Å². The summed E-state index contributed by atoms with van der Waals surface area (Å²) in [4.78, 5) is 4.33. The summed E-state index contributed by atoms with van der Waals surface area (Å²) in [7, 11) is -3.78. The molecule has 36 heavy (non-hydrogen) atoms. The van der Waals surface area contributed by atoms with Gasteiger partial charge in [0.2, 0.25) is 0 Å². The summed E-state index contributed by atoms with van der Waals surface area (Å²) in [6, 6.07) is 16.6. The van der Waals surface area contributed by atoms with Crippen molar-refractivity contribution >= 4 is 15.7 Å². The number of nitrogens with zero attached hydrogens (tertiary/aromatic N) is 4. The minimum Gasteiger partial charge on any atom is -0.492 e. The van der Waals surface area contributed by atoms with Crippen molar-refractivity contribution in [3.63, 3.8) is 0 Å². The summed E-state index contributed by atoms with van der Waals surface area (Å²) in [6.45, 7) is 3.41. The van der Waals surface area contributed by atoms with Gasteiger partial charge in [0.05, 0.1) is 17.8 Å². The number of hydrogen-bond donors (Lipinski definition) is 1. The number of benzene rings is 2. The zero-order valence-electron chi connectivity index (χ0n) is 19.8. The van der Waals surface area contributed by atoms with E-state index >= 15 is 4.39 Å². The molecule has 1 N–H and O–H groups in total. The number of anilines is 1. The van der Waals surface area contributed by atoms with Crippen molar-refractivity contribution in [3.8, 4) is 5.75 Å². The number of fused-ring (bicyclic) bond motifs is 1. The summed E-state index contributed by atoms with van der Waals surface area (Å²) in [6.07, 6.45) is 3.46. The minimum absolute atomic E-state index is 0.124. The molecule has 0 amide bonds. The molecule has 0 spiro atoms. The smallest absolute Gasteiger partial charge is 0.260 e. The lowest BCUT2D eigenvalue weighted by atomic mass is 9.82. The summed E-state index contributed by atoms with van der Waals surface area (Å²) in [5, 5.41) is 7.20. The van der Waals surface area contributed by atoms with Gasteiger partial charge in [0.1, 0.15) is 18.2 Å². The van der Waals surface area contributed by atoms with Crippen molar-refractivity contribution in [2.45, 2.75) is 35.9 Å². The maximum Gasteiger partial charge on any atom is 0.260 e. The van der Waals surface area contributed by atoms with Crippen LogP contribution in [0.5, 0.6) is 5.75 Å². The molecule has 2 fully saturated rings. The third-order valence-electron chi connectivity index (χ3n) is 7.38. The highest BCUT2D eigenvalue weighted by Crippen LogP contribution is 2.43. The van der Waals surface area contributed by atoms with Crippen LogP contribution in [-0.2, 0) is 16.4 Å². The SMILES string of the molecule is O=S(=O)(NC1CN(c2cc3c(cc2F)OC[C@@H](N2CCC2)[C@H]3Cc2ccccc2)C1)c1cccnn1. The topological polar surface area (TPSA) is 87.7 Å². The molecule has 188 valence electrons. The second-order valence-corrected chi connectivity index (χ2v) is 11.4. The zero-order chi connectivity index (χ0) is 24.7. The molecule has 10 heteroatoms. The number of rotatable bonds is 7. The highest BCUT2D eigenvalue weighted by molar-refractivity contribution is 7.89. The van der Waals surface area contributed by atoms with Gasteiger partial charge < -0.3 is 9.64 Å². The van der Waals surface area contributed by atoms with Crippen molar-refractivity contribution in [1.82, 2.24) is 19.8 Å². The second kappa shape index (κ2) is 9.42. The molecule has 8 nitrogen and oxygen atoms in total. The Morgan fingerprint density at radius 1 is 1.08 bits per heavy atom. The number of nitrogens with one attached hydrogen (secondary N) is 1. The van der Waals surface area contributed by atoms with Gasteiger partial charge in [-0.15, -0.1) is 5.10 Å². The number of hydrogen-bond acceptors (Lipinski definition) is 7. The lowest BCUT2D eigenvalue weighted by Crippen LogP contribution is -2.59. The molecular weight excluding hydrogens is 481 g/mol. The van der Waals surface area contributed by atoms with Gasteiger partial charge in [-0.3, -0.25) is 4.90 Å². The number of ether oxygens (including phenoxy) is 1. The number of likely N-dealkylation sites (tertiary alicyclic amines) is 1. The van der Waals surface area contributed by atoms with Crippen LogP contribution < -0.4 is 14.4 Å². The molecule has 2 aromatic carbocycles. The van der Waals surface area contributed by atoms with Crippen molar-refractivity contribution in [1.29, 1.82) is 0 Å². The van der Waals surface area contributed by atoms with Gasteiger partial charge in [0.25, 0.3) is 10.0 Å². The quantitative estimate of drug-likeness (QED) is 0.524. The van der Waals surface area contributed by atoms with E-state index in [9.17, 15) is 8.42 Å². The number of aromatic nitrogens is 2. The minimum atomic E-state index is -3.78. The maximum atomic E-state index is 15.2. The standard InChI is InChI=1S/C26H28FN5O3S/c27-22-14-25-21(20(12-18-6-2-1-3-7-18)24(17-35-25)31-10-5-11-31)13-23(22)32-15-19(16-32)30-36(33,34)26-8-4-9-28-29-26/h1-4,6-9,13-14,19-20,24,30H,5,10-12,15-17H2/t20-,24+/m0/s1. The molecule has 0 bridgehead atoms. The van der Waals surface area contributed by atoms with Gasteiger partial charge in [-0.25, -0.2) is 17.5 Å². The van der Waals surface area contributed by atoms with Crippen LogP contribution in [0.25, 0.3) is 0 Å². The van der Waals surface area contributed by atoms with E-state index in [-0.39, 0.29) is 28.8 Å². The molecule has 0 saturated carbocycles. The Kier molecular flexibility index (Phi) is 6.10. The van der Waals surface area contributed by atoms with Crippen LogP contribution in [0.4, 0.5) is 10.1 Å². The molecule has 0 aliphatic carbocycles. The predicted octanol–water partition coefficient (Wildman–Crippen LogP) is 2.58. The Balaban J connectivity index is 1.23. The van der Waals surface area contributed by atoms with E-state index in [2.05, 4.69) is 32.0 Å². The highest BCUT2D eigenvalue weighted by atomic mass is 32.2. The average Bonchev–Trinajstić information content (AvgIpc) is 2.83. The first-order valence-electron chi connectivity index (χ1n) is 12.3. The Labute approximate surface area is 210 Å². The van der Waals surface area contributed by atoms with E-state index in [0.29, 0.717) is 31.1 Å². The Morgan fingerprint density at radius 3 is 2.58 bits per heavy atom. The van der Waals surface area contributed by atoms with Crippen molar-refractivity contribution < 1.29 is 17.5 Å². The summed E-state index contributed by atoms with van der Waals surface area (Å²) < 4.78 is 49.0. The number of sulfonamides is 1. The molecule has 3 aliphatic heterocycles. The molecular formula is C26H28FN5O3S. The highest BCUT2D eigenvalue weighted by Gasteiger charge is 2.39. The van der Waals surface area contributed by atoms with Gasteiger partial charge >= 0.3 is 0 Å². The first kappa shape index (κ1) is 23.3. The molecule has 0 radical (unpaired) electrons. The first-order chi connectivity index (χ1) is 17.5. The molecule has 3 aromatic rings. The summed E-state index contributed by atoms with van der Waals surface area (Å²) >= 11 is 0. The molecule has 3 aliphatic rings. The van der Waals surface area contributed by atoms with Crippen LogP contribution in [-0.4, -0.2) is 68.4 Å². The van der Waals surface area contributed by atoms with Gasteiger partial charge in [-0.1, -0.05) is 30.3 Å². The van der Waals surface area contributed by atoms with Crippen LogP contribution in [0.2, 0.25) is 0 Å². The first-order valence-corrected chi connectivity index (χ1v) is 13.8. The van der Waals surface area contributed by atoms with Gasteiger partial charge in [0.15, 0.2) is 5.03 Å². The fraction of sp³-hybridized carbons (Fsp3) is 0.385. The third kappa shape index (κ3) is 4.44. The Morgan fingerprint density at radius 2 is 1.89 bits per heavy atom.